The molecular weight excluding hydrogens is 660 g/mol. The molecule has 13 nitrogen and oxygen atoms in total. The van der Waals surface area contributed by atoms with Gasteiger partial charge in [0.1, 0.15) is 6.10 Å². The first-order valence-electron chi connectivity index (χ1n) is 17.5. The van der Waals surface area contributed by atoms with Crippen LogP contribution in [0.2, 0.25) is 0 Å². The Labute approximate surface area is 295 Å². The smallest absolute Gasteiger partial charge is 0.407 e. The fraction of sp³-hybridized carbons (Fsp3) is 0.556. The number of hydrogen-bond donors (Lipinski definition) is 4. The van der Waals surface area contributed by atoms with Crippen LogP contribution < -0.4 is 16.4 Å². The summed E-state index contributed by atoms with van der Waals surface area (Å²) in [6.45, 7) is 10.2. The van der Waals surface area contributed by atoms with E-state index in [1.807, 2.05) is 56.7 Å². The van der Waals surface area contributed by atoms with Crippen molar-refractivity contribution in [3.05, 3.63) is 72.3 Å². The number of hydrogen-bond acceptors (Lipinski definition) is 10. The molecular formula is C36H52N6O7S. The zero-order chi connectivity index (χ0) is 35.8. The van der Waals surface area contributed by atoms with Gasteiger partial charge in [0.15, 0.2) is 6.29 Å². The van der Waals surface area contributed by atoms with Crippen LogP contribution in [0.15, 0.2) is 66.0 Å². The number of anilines is 2. The summed E-state index contributed by atoms with van der Waals surface area (Å²) in [5.74, 6) is 0.382. The molecule has 2 aliphatic heterocycles. The number of carbonyl (C=O) groups excluding carboxylic acids is 1. The molecule has 50 heavy (non-hydrogen) atoms. The largest absolute Gasteiger partial charge is 0.443 e. The van der Waals surface area contributed by atoms with Crippen LogP contribution in [0.5, 0.6) is 0 Å². The highest BCUT2D eigenvalue weighted by molar-refractivity contribution is 7.89. The number of alkyl carbamates (subject to hydrolysis) is 1. The summed E-state index contributed by atoms with van der Waals surface area (Å²) in [5.41, 5.74) is 9.14. The van der Waals surface area contributed by atoms with Gasteiger partial charge in [-0.25, -0.2) is 18.2 Å². The predicted octanol–water partition coefficient (Wildman–Crippen LogP) is 3.88. The van der Waals surface area contributed by atoms with Gasteiger partial charge in [0.2, 0.25) is 10.0 Å². The summed E-state index contributed by atoms with van der Waals surface area (Å²) < 4.78 is 48.7. The van der Waals surface area contributed by atoms with E-state index in [2.05, 4.69) is 34.0 Å². The number of aliphatic hydroxyl groups is 1. The second-order valence-electron chi connectivity index (χ2n) is 14.0. The number of nitrogens with zero attached hydrogens (tertiary/aromatic N) is 3. The van der Waals surface area contributed by atoms with Gasteiger partial charge in [0.05, 0.1) is 53.9 Å². The SMILES string of the molecule is CC(C)CN(C[C@@H](O)[C@H](Cc1ccccc1)NC(=O)O[C@H]1CO[C@H]2OCC[C@H]21)S(=O)(=O)c1ccc(N)c(NCCc2cncn2CC(C)C)c1. The fourth-order valence-corrected chi connectivity index (χ4v) is 8.12. The van der Waals surface area contributed by atoms with Crippen molar-refractivity contribution in [3.63, 3.8) is 0 Å². The molecule has 3 heterocycles. The Bertz CT molecular complexity index is 1650. The number of sulfonamides is 1. The molecule has 0 spiro atoms. The minimum Gasteiger partial charge on any atom is -0.443 e. The Morgan fingerprint density at radius 2 is 1.90 bits per heavy atom. The van der Waals surface area contributed by atoms with Gasteiger partial charge in [0, 0.05) is 44.5 Å². The topological polar surface area (TPSA) is 170 Å². The second-order valence-corrected chi connectivity index (χ2v) is 16.0. The predicted molar refractivity (Wildman–Crippen MR) is 191 cm³/mol. The molecule has 2 aliphatic rings. The maximum Gasteiger partial charge on any atom is 0.407 e. The Hall–Kier alpha value is -3.69. The Kier molecular flexibility index (Phi) is 12.8. The lowest BCUT2D eigenvalue weighted by Crippen LogP contribution is -2.51. The molecule has 0 aliphatic carbocycles. The number of nitrogen functional groups attached to an aromatic ring is 1. The molecule has 14 heteroatoms. The van der Waals surface area contributed by atoms with Gasteiger partial charge >= 0.3 is 6.09 Å². The first-order chi connectivity index (χ1) is 23.9. The first-order valence-corrected chi connectivity index (χ1v) is 18.9. The highest BCUT2D eigenvalue weighted by Crippen LogP contribution is 2.33. The van der Waals surface area contributed by atoms with Crippen LogP contribution in [0.4, 0.5) is 16.2 Å². The number of carbonyl (C=O) groups is 1. The molecule has 2 saturated heterocycles. The third-order valence-electron chi connectivity index (χ3n) is 8.99. The molecule has 5 rings (SSSR count). The third-order valence-corrected chi connectivity index (χ3v) is 10.8. The van der Waals surface area contributed by atoms with Gasteiger partial charge in [-0.3, -0.25) is 0 Å². The summed E-state index contributed by atoms with van der Waals surface area (Å²) in [6, 6.07) is 13.1. The van der Waals surface area contributed by atoms with Crippen molar-refractivity contribution in [2.24, 2.45) is 17.8 Å². The molecule has 0 saturated carbocycles. The van der Waals surface area contributed by atoms with E-state index >= 15 is 0 Å². The van der Waals surface area contributed by atoms with Crippen molar-refractivity contribution in [1.29, 1.82) is 0 Å². The van der Waals surface area contributed by atoms with Crippen molar-refractivity contribution in [3.8, 4) is 0 Å². The minimum absolute atomic E-state index is 0.0439. The van der Waals surface area contributed by atoms with Gasteiger partial charge < -0.3 is 40.3 Å². The van der Waals surface area contributed by atoms with Crippen LogP contribution in [-0.2, 0) is 43.6 Å². The molecule has 5 atom stereocenters. The number of aromatic nitrogens is 2. The zero-order valence-corrected chi connectivity index (χ0v) is 30.2. The summed E-state index contributed by atoms with van der Waals surface area (Å²) in [5, 5.41) is 17.8. The lowest BCUT2D eigenvalue weighted by molar-refractivity contribution is -0.0907. The molecule has 1 aromatic heterocycles. The molecule has 2 fully saturated rings. The number of nitrogens with two attached hydrogens (primary N) is 1. The van der Waals surface area contributed by atoms with E-state index in [0.717, 1.165) is 24.2 Å². The number of aliphatic hydroxyl groups excluding tert-OH is 1. The van der Waals surface area contributed by atoms with E-state index < -0.39 is 34.4 Å². The van der Waals surface area contributed by atoms with Gasteiger partial charge in [-0.2, -0.15) is 4.31 Å². The normalized spacial score (nSPS) is 20.3. The second kappa shape index (κ2) is 17.0. The van der Waals surface area contributed by atoms with Crippen LogP contribution >= 0.6 is 0 Å². The van der Waals surface area contributed by atoms with Crippen molar-refractivity contribution in [2.75, 3.05) is 43.9 Å². The lowest BCUT2D eigenvalue weighted by Gasteiger charge is -2.31. The van der Waals surface area contributed by atoms with Crippen LogP contribution in [0.25, 0.3) is 0 Å². The Morgan fingerprint density at radius 3 is 2.64 bits per heavy atom. The Balaban J connectivity index is 1.30. The zero-order valence-electron chi connectivity index (χ0n) is 29.4. The molecule has 2 aromatic carbocycles. The summed E-state index contributed by atoms with van der Waals surface area (Å²) in [6.07, 6.45) is 2.51. The summed E-state index contributed by atoms with van der Waals surface area (Å²) in [4.78, 5) is 17.5. The molecule has 0 bridgehead atoms. The molecule has 0 radical (unpaired) electrons. The number of nitrogens with one attached hydrogen (secondary N) is 2. The van der Waals surface area contributed by atoms with E-state index in [1.54, 1.807) is 6.07 Å². The molecule has 5 N–H and O–H groups in total. The highest BCUT2D eigenvalue weighted by atomic mass is 32.2. The molecule has 1 amide bonds. The van der Waals surface area contributed by atoms with E-state index in [1.165, 1.54) is 16.4 Å². The quantitative estimate of drug-likeness (QED) is 0.151. The molecule has 274 valence electrons. The van der Waals surface area contributed by atoms with E-state index in [4.69, 9.17) is 19.9 Å². The van der Waals surface area contributed by atoms with Crippen molar-refractivity contribution < 1.29 is 32.5 Å². The third kappa shape index (κ3) is 9.75. The number of imidazole rings is 1. The summed E-state index contributed by atoms with van der Waals surface area (Å²) in [7, 11) is -4.09. The minimum atomic E-state index is -4.09. The number of ether oxygens (including phenoxy) is 3. The van der Waals surface area contributed by atoms with E-state index in [9.17, 15) is 18.3 Å². The van der Waals surface area contributed by atoms with Gasteiger partial charge in [0.25, 0.3) is 0 Å². The number of fused-ring (bicyclic) bond motifs is 1. The van der Waals surface area contributed by atoms with E-state index in [-0.39, 0.29) is 49.1 Å². The van der Waals surface area contributed by atoms with Gasteiger partial charge in [-0.05, 0) is 48.4 Å². The lowest BCUT2D eigenvalue weighted by atomic mass is 10.0. The highest BCUT2D eigenvalue weighted by Gasteiger charge is 2.44. The summed E-state index contributed by atoms with van der Waals surface area (Å²) >= 11 is 0. The van der Waals surface area contributed by atoms with Gasteiger partial charge in [-0.15, -0.1) is 0 Å². The first kappa shape index (κ1) is 37.6. The monoisotopic (exact) mass is 712 g/mol. The van der Waals surface area contributed by atoms with Crippen LogP contribution in [0, 0.1) is 17.8 Å². The average Bonchev–Trinajstić information content (AvgIpc) is 3.81. The van der Waals surface area contributed by atoms with E-state index in [0.29, 0.717) is 36.9 Å². The fourth-order valence-electron chi connectivity index (χ4n) is 6.47. The van der Waals surface area contributed by atoms with Crippen LogP contribution in [-0.4, -0.2) is 90.9 Å². The van der Waals surface area contributed by atoms with Crippen LogP contribution in [0.3, 0.4) is 0 Å². The maximum atomic E-state index is 14.2. The number of rotatable bonds is 17. The Morgan fingerprint density at radius 1 is 1.12 bits per heavy atom. The number of amides is 1. The van der Waals surface area contributed by atoms with Crippen LogP contribution in [0.1, 0.15) is 45.4 Å². The standard InChI is InChI=1S/C36H52N6O7S/c1-24(2)19-41-23-38-18-27(41)12-14-39-31-17-28(10-11-30(31)37)50(45,46)42(20-25(3)4)21-33(43)32(16-26-8-6-5-7-9-26)40-36(44)49-34-22-48-35-29(34)13-15-47-35/h5-11,17-18,23-25,29,32-35,39,43H,12-16,19-22,37H2,1-4H3,(H,40,44)/t29-,32-,33+,34-,35+/m0/s1. The molecule has 0 unspecified atom stereocenters. The van der Waals surface area contributed by atoms with Crippen molar-refractivity contribution in [1.82, 2.24) is 19.2 Å². The number of benzene rings is 2. The average molecular weight is 713 g/mol. The van der Waals surface area contributed by atoms with Crippen molar-refractivity contribution in [2.45, 2.75) is 82.9 Å². The van der Waals surface area contributed by atoms with Crippen molar-refractivity contribution >= 4 is 27.5 Å². The maximum absolute atomic E-state index is 14.2. The van der Waals surface area contributed by atoms with Gasteiger partial charge in [-0.1, -0.05) is 58.0 Å². The molecule has 3 aromatic rings.